The number of Topliss-reactive ketones (excluding diaryl/α,β-unsaturated/α-hetero) is 1. The van der Waals surface area contributed by atoms with Gasteiger partial charge in [-0.15, -0.1) is 10.2 Å². The highest BCUT2D eigenvalue weighted by Gasteiger charge is 2.48. The smallest absolute Gasteiger partial charge is 0.301 e. The second kappa shape index (κ2) is 13.5. The Morgan fingerprint density at radius 1 is 1.00 bits per heavy atom. The van der Waals surface area contributed by atoms with Crippen LogP contribution in [0.4, 0.5) is 5.13 Å². The number of ether oxygens (including phenoxy) is 3. The molecule has 43 heavy (non-hydrogen) atoms. The summed E-state index contributed by atoms with van der Waals surface area (Å²) in [4.78, 5) is 28.5. The van der Waals surface area contributed by atoms with Crippen LogP contribution in [0.3, 0.4) is 0 Å². The first kappa shape index (κ1) is 30.4. The molecule has 0 radical (unpaired) electrons. The zero-order valence-electron chi connectivity index (χ0n) is 23.6. The van der Waals surface area contributed by atoms with Crippen LogP contribution in [-0.4, -0.2) is 47.3 Å². The number of halogens is 1. The Morgan fingerprint density at radius 2 is 1.72 bits per heavy atom. The molecular weight excluding hydrogens is 610 g/mol. The van der Waals surface area contributed by atoms with Gasteiger partial charge in [0.15, 0.2) is 15.8 Å². The molecule has 5 rings (SSSR count). The van der Waals surface area contributed by atoms with Crippen LogP contribution >= 0.6 is 34.7 Å². The van der Waals surface area contributed by atoms with E-state index in [9.17, 15) is 14.7 Å². The molecule has 1 atom stereocenters. The summed E-state index contributed by atoms with van der Waals surface area (Å²) in [7, 11) is 1.53. The number of aromatic nitrogens is 2. The number of carbonyl (C=O) groups is 2. The summed E-state index contributed by atoms with van der Waals surface area (Å²) in [6.45, 7) is 4.51. The van der Waals surface area contributed by atoms with E-state index in [0.717, 1.165) is 5.56 Å². The van der Waals surface area contributed by atoms with Crippen LogP contribution in [-0.2, 0) is 15.3 Å². The van der Waals surface area contributed by atoms with Gasteiger partial charge in [-0.2, -0.15) is 0 Å². The molecule has 0 bridgehead atoms. The Kier molecular flexibility index (Phi) is 9.54. The van der Waals surface area contributed by atoms with Crippen LogP contribution in [0, 0.1) is 0 Å². The molecule has 1 fully saturated rings. The van der Waals surface area contributed by atoms with E-state index in [4.69, 9.17) is 25.8 Å². The second-order valence-electron chi connectivity index (χ2n) is 9.20. The fourth-order valence-electron chi connectivity index (χ4n) is 4.60. The lowest BCUT2D eigenvalue weighted by molar-refractivity contribution is -0.132. The number of hydrogen-bond donors (Lipinski definition) is 1. The normalized spacial score (nSPS) is 16.0. The number of ketones is 1. The van der Waals surface area contributed by atoms with Crippen molar-refractivity contribution in [2.75, 3.05) is 25.2 Å². The van der Waals surface area contributed by atoms with Crippen LogP contribution in [0.5, 0.6) is 17.2 Å². The summed E-state index contributed by atoms with van der Waals surface area (Å²) < 4.78 is 17.4. The Hall–Kier alpha value is -4.06. The van der Waals surface area contributed by atoms with Crippen LogP contribution in [0.25, 0.3) is 5.76 Å². The molecule has 0 aliphatic carbocycles. The first-order valence-electron chi connectivity index (χ1n) is 13.4. The molecule has 4 aromatic rings. The van der Waals surface area contributed by atoms with Crippen LogP contribution in [0.15, 0.2) is 76.6 Å². The lowest BCUT2D eigenvalue weighted by atomic mass is 9.95. The van der Waals surface area contributed by atoms with Crippen molar-refractivity contribution in [1.29, 1.82) is 0 Å². The quantitative estimate of drug-likeness (QED) is 0.0616. The summed E-state index contributed by atoms with van der Waals surface area (Å²) >= 11 is 8.90. The van der Waals surface area contributed by atoms with Crippen molar-refractivity contribution in [3.8, 4) is 17.2 Å². The number of nitrogens with zero attached hydrogens (tertiary/aromatic N) is 3. The van der Waals surface area contributed by atoms with E-state index >= 15 is 0 Å². The summed E-state index contributed by atoms with van der Waals surface area (Å²) in [5.74, 6) is 0.107. The minimum atomic E-state index is -1.01. The molecule has 1 unspecified atom stereocenters. The second-order valence-corrected chi connectivity index (χ2v) is 11.8. The monoisotopic (exact) mass is 637 g/mol. The van der Waals surface area contributed by atoms with Gasteiger partial charge < -0.3 is 19.3 Å². The third kappa shape index (κ3) is 6.34. The number of thioether (sulfide) groups is 1. The van der Waals surface area contributed by atoms with E-state index in [1.165, 1.54) is 35.1 Å². The molecule has 1 saturated heterocycles. The number of methoxy groups -OCH3 is 1. The third-order valence-corrected chi connectivity index (χ3v) is 9.08. The van der Waals surface area contributed by atoms with Gasteiger partial charge in [-0.05, 0) is 67.4 Å². The maximum absolute atomic E-state index is 13.6. The number of rotatable bonds is 11. The molecule has 3 aromatic carbocycles. The molecule has 0 saturated carbocycles. The Balaban J connectivity index is 1.59. The minimum absolute atomic E-state index is 0.0813. The van der Waals surface area contributed by atoms with E-state index in [0.29, 0.717) is 56.7 Å². The molecule has 1 amide bonds. The van der Waals surface area contributed by atoms with Gasteiger partial charge in [0.25, 0.3) is 5.78 Å². The lowest BCUT2D eigenvalue weighted by Crippen LogP contribution is -2.29. The molecule has 1 N–H and O–H groups in total. The van der Waals surface area contributed by atoms with E-state index in [-0.39, 0.29) is 16.5 Å². The summed E-state index contributed by atoms with van der Waals surface area (Å²) in [6, 6.07) is 18.3. The SMILES string of the molecule is CCOc1ccc(C2C(=C(O)c3ccc(OC)cc3)C(=O)C(=O)N2c2nnc(SCc3ccccc3Cl)s2)cc1OCC. The van der Waals surface area contributed by atoms with Crippen molar-refractivity contribution in [2.45, 2.75) is 30.0 Å². The zero-order valence-corrected chi connectivity index (χ0v) is 26.0. The van der Waals surface area contributed by atoms with E-state index in [1.807, 2.05) is 38.1 Å². The molecule has 2 heterocycles. The fraction of sp³-hybridized carbons (Fsp3) is 0.226. The number of anilines is 1. The average Bonchev–Trinajstić information content (AvgIpc) is 3.59. The minimum Gasteiger partial charge on any atom is -0.507 e. The van der Waals surface area contributed by atoms with Gasteiger partial charge >= 0.3 is 5.91 Å². The van der Waals surface area contributed by atoms with E-state index in [2.05, 4.69) is 10.2 Å². The summed E-state index contributed by atoms with van der Waals surface area (Å²) in [5.41, 5.74) is 1.74. The molecule has 0 spiro atoms. The first-order chi connectivity index (χ1) is 20.9. The van der Waals surface area contributed by atoms with Gasteiger partial charge in [-0.3, -0.25) is 14.5 Å². The van der Waals surface area contributed by atoms with E-state index < -0.39 is 17.7 Å². The van der Waals surface area contributed by atoms with E-state index in [1.54, 1.807) is 42.5 Å². The van der Waals surface area contributed by atoms with Gasteiger partial charge in [0.1, 0.15) is 11.5 Å². The van der Waals surface area contributed by atoms with Gasteiger partial charge in [-0.25, -0.2) is 0 Å². The number of aliphatic hydroxyl groups is 1. The first-order valence-corrected chi connectivity index (χ1v) is 15.6. The molecule has 1 aliphatic rings. The van der Waals surface area contributed by atoms with Crippen LogP contribution in [0.2, 0.25) is 5.02 Å². The Morgan fingerprint density at radius 3 is 2.42 bits per heavy atom. The van der Waals surface area contributed by atoms with Crippen LogP contribution in [0.1, 0.15) is 36.6 Å². The highest BCUT2D eigenvalue weighted by molar-refractivity contribution is 8.00. The average molecular weight is 638 g/mol. The van der Waals surface area contributed by atoms with Crippen molar-refractivity contribution < 1.29 is 28.9 Å². The molecule has 1 aliphatic heterocycles. The maximum Gasteiger partial charge on any atom is 0.301 e. The molecule has 222 valence electrons. The highest BCUT2D eigenvalue weighted by atomic mass is 35.5. The van der Waals surface area contributed by atoms with Gasteiger partial charge in [0.05, 0.1) is 31.9 Å². The van der Waals surface area contributed by atoms with Crippen molar-refractivity contribution in [1.82, 2.24) is 10.2 Å². The Bertz CT molecular complexity index is 1670. The molecule has 1 aromatic heterocycles. The van der Waals surface area contributed by atoms with Gasteiger partial charge in [-0.1, -0.05) is 59.0 Å². The summed E-state index contributed by atoms with van der Waals surface area (Å²) in [6.07, 6.45) is 0. The Labute approximate surface area is 262 Å². The fourth-order valence-corrected chi connectivity index (χ4v) is 6.75. The van der Waals surface area contributed by atoms with Crippen molar-refractivity contribution in [3.05, 3.63) is 94.0 Å². The number of carbonyl (C=O) groups excluding carboxylic acids is 2. The predicted octanol–water partition coefficient (Wildman–Crippen LogP) is 6.92. The lowest BCUT2D eigenvalue weighted by Gasteiger charge is -2.23. The highest BCUT2D eigenvalue weighted by Crippen LogP contribution is 2.46. The van der Waals surface area contributed by atoms with Crippen molar-refractivity contribution in [2.24, 2.45) is 0 Å². The topological polar surface area (TPSA) is 111 Å². The molecule has 9 nitrogen and oxygen atoms in total. The molecular formula is C31H28ClN3O6S2. The predicted molar refractivity (Wildman–Crippen MR) is 167 cm³/mol. The zero-order chi connectivity index (χ0) is 30.5. The van der Waals surface area contributed by atoms with Crippen molar-refractivity contribution in [3.63, 3.8) is 0 Å². The van der Waals surface area contributed by atoms with Crippen molar-refractivity contribution >= 4 is 57.3 Å². The van der Waals surface area contributed by atoms with Crippen LogP contribution < -0.4 is 19.1 Å². The molecule has 12 heteroatoms. The third-order valence-electron chi connectivity index (χ3n) is 6.60. The number of amides is 1. The number of benzene rings is 3. The number of hydrogen-bond acceptors (Lipinski definition) is 10. The largest absolute Gasteiger partial charge is 0.507 e. The van der Waals surface area contributed by atoms with Gasteiger partial charge in [0, 0.05) is 16.3 Å². The number of aliphatic hydroxyl groups excluding tert-OH is 1. The standard InChI is InChI=1S/C31H28ClN3O6S2/c1-4-40-23-15-12-19(16-24(23)41-5-2)26-25(27(36)18-10-13-21(39-3)14-11-18)28(37)29(38)35(26)30-33-34-31(43-30)42-17-20-8-6-7-9-22(20)32/h6-16,26,36H,4-5,17H2,1-3H3. The summed E-state index contributed by atoms with van der Waals surface area (Å²) in [5, 5.41) is 20.9. The maximum atomic E-state index is 13.6. The van der Waals surface area contributed by atoms with Gasteiger partial charge in [0.2, 0.25) is 5.13 Å².